The van der Waals surface area contributed by atoms with Crippen LogP contribution in [0.1, 0.15) is 69.5 Å². The maximum atomic E-state index is 13.0. The number of hydrogen-bond acceptors (Lipinski definition) is 8. The number of amides is 2. The van der Waals surface area contributed by atoms with E-state index in [4.69, 9.17) is 32.6 Å². The van der Waals surface area contributed by atoms with Crippen molar-refractivity contribution in [1.82, 2.24) is 15.3 Å². The molecule has 0 saturated carbocycles. The van der Waals surface area contributed by atoms with Crippen LogP contribution < -0.4 is 16.4 Å². The van der Waals surface area contributed by atoms with Gasteiger partial charge in [-0.3, -0.25) is 15.0 Å². The summed E-state index contributed by atoms with van der Waals surface area (Å²) in [6.45, 7) is 8.71. The largest absolute Gasteiger partial charge is 0.480 e. The van der Waals surface area contributed by atoms with Gasteiger partial charge in [-0.15, -0.1) is 0 Å². The summed E-state index contributed by atoms with van der Waals surface area (Å²) in [7, 11) is 0. The van der Waals surface area contributed by atoms with Gasteiger partial charge in [-0.1, -0.05) is 44.0 Å². The number of halogens is 1. The average Bonchev–Trinajstić information content (AvgIpc) is 3.09. The molecule has 1 aromatic carbocycles. The number of aliphatic carboxylic acids is 1. The predicted molar refractivity (Wildman–Crippen MR) is 140 cm³/mol. The number of nitrogens with one attached hydrogen (secondary N) is 3. The van der Waals surface area contributed by atoms with Gasteiger partial charge in [-0.25, -0.2) is 14.8 Å². The highest BCUT2D eigenvalue weighted by Crippen LogP contribution is 2.43. The normalized spacial score (nSPS) is 17.1. The van der Waals surface area contributed by atoms with Crippen molar-refractivity contribution < 1.29 is 24.2 Å². The number of hydrogen-bond donors (Lipinski definition) is 5. The molecule has 0 saturated heterocycles. The van der Waals surface area contributed by atoms with Gasteiger partial charge in [-0.05, 0) is 49.4 Å². The van der Waals surface area contributed by atoms with E-state index in [1.165, 1.54) is 6.92 Å². The van der Waals surface area contributed by atoms with Crippen molar-refractivity contribution in [2.75, 3.05) is 17.6 Å². The van der Waals surface area contributed by atoms with E-state index in [1.54, 1.807) is 6.07 Å². The lowest BCUT2D eigenvalue weighted by Crippen LogP contribution is -2.44. The Kier molecular flexibility index (Phi) is 7.87. The minimum atomic E-state index is -1.81. The molecular formula is C25H29ClN6O5. The minimum Gasteiger partial charge on any atom is -0.480 e. The van der Waals surface area contributed by atoms with Crippen molar-refractivity contribution in [2.45, 2.75) is 52.4 Å². The highest BCUT2D eigenvalue weighted by molar-refractivity contribution is 6.30. The smallest absolute Gasteiger partial charge is 0.414 e. The fourth-order valence-corrected chi connectivity index (χ4v) is 4.25. The second-order valence-electron chi connectivity index (χ2n) is 9.10. The number of carbonyl (C=O) groups is 3. The van der Waals surface area contributed by atoms with Crippen molar-refractivity contribution in [1.29, 1.82) is 5.41 Å². The summed E-state index contributed by atoms with van der Waals surface area (Å²) in [6, 6.07) is 5.59. The highest BCUT2D eigenvalue weighted by atomic mass is 35.5. The Morgan fingerprint density at radius 2 is 2.00 bits per heavy atom. The number of ether oxygens (including phenoxy) is 1. The van der Waals surface area contributed by atoms with Gasteiger partial charge in [0.05, 0.1) is 5.56 Å². The lowest BCUT2D eigenvalue weighted by Gasteiger charge is -2.23. The molecule has 6 N–H and O–H groups in total. The summed E-state index contributed by atoms with van der Waals surface area (Å²) in [4.78, 5) is 44.7. The Morgan fingerprint density at radius 1 is 1.32 bits per heavy atom. The van der Waals surface area contributed by atoms with Gasteiger partial charge in [0.2, 0.25) is 11.8 Å². The fraction of sp³-hybridized carbons (Fsp3) is 0.360. The van der Waals surface area contributed by atoms with Crippen molar-refractivity contribution in [3.05, 3.63) is 51.3 Å². The van der Waals surface area contributed by atoms with E-state index in [2.05, 4.69) is 29.1 Å². The van der Waals surface area contributed by atoms with Crippen LogP contribution in [0.25, 0.3) is 5.57 Å². The zero-order chi connectivity index (χ0) is 27.7. The van der Waals surface area contributed by atoms with Crippen molar-refractivity contribution in [3.8, 4) is 0 Å². The zero-order valence-corrected chi connectivity index (χ0v) is 21.9. The van der Waals surface area contributed by atoms with Gasteiger partial charge in [0.1, 0.15) is 18.2 Å². The van der Waals surface area contributed by atoms with E-state index in [0.717, 1.165) is 22.3 Å². The SMILES string of the molecule is CC/C(C)=C(\c1nc(N)c2c(n1)NC(=O)C2(C)C(=N)OC(=O)NCC(=O)O)c1ccc(Cl)cc1C(C)C. The lowest BCUT2D eigenvalue weighted by molar-refractivity contribution is -0.135. The number of carboxylic acids is 1. The van der Waals surface area contributed by atoms with E-state index >= 15 is 0 Å². The maximum Gasteiger partial charge on any atom is 0.414 e. The quantitative estimate of drug-likeness (QED) is 0.263. The Morgan fingerprint density at radius 3 is 2.59 bits per heavy atom. The summed E-state index contributed by atoms with van der Waals surface area (Å²) in [5.41, 5.74) is 8.23. The Labute approximate surface area is 219 Å². The van der Waals surface area contributed by atoms with Crippen molar-refractivity contribution in [2.24, 2.45) is 0 Å². The number of nitrogens with zero attached hydrogens (tertiary/aromatic N) is 2. The number of aromatic nitrogens is 2. The summed E-state index contributed by atoms with van der Waals surface area (Å²) in [5.74, 6) is -2.28. The summed E-state index contributed by atoms with van der Waals surface area (Å²) in [5, 5.41) is 22.2. The van der Waals surface area contributed by atoms with Crippen LogP contribution in [0.15, 0.2) is 23.8 Å². The number of rotatable bonds is 7. The van der Waals surface area contributed by atoms with Crippen LogP contribution in [-0.2, 0) is 19.7 Å². The van der Waals surface area contributed by atoms with Gasteiger partial charge < -0.3 is 26.2 Å². The zero-order valence-electron chi connectivity index (χ0n) is 21.2. The van der Waals surface area contributed by atoms with Crippen LogP contribution in [0, 0.1) is 5.41 Å². The Hall–Kier alpha value is -3.99. The topological polar surface area (TPSA) is 180 Å². The van der Waals surface area contributed by atoms with E-state index in [9.17, 15) is 14.4 Å². The molecule has 12 heteroatoms. The number of alkyl carbamates (subject to hydrolysis) is 1. The second-order valence-corrected chi connectivity index (χ2v) is 9.53. The van der Waals surface area contributed by atoms with E-state index in [1.807, 2.05) is 31.3 Å². The van der Waals surface area contributed by atoms with Crippen LogP contribution in [0.2, 0.25) is 5.02 Å². The molecule has 11 nitrogen and oxygen atoms in total. The fourth-order valence-electron chi connectivity index (χ4n) is 4.07. The van der Waals surface area contributed by atoms with E-state index < -0.39 is 35.8 Å². The maximum absolute atomic E-state index is 13.0. The number of nitrogen functional groups attached to an aromatic ring is 1. The van der Waals surface area contributed by atoms with Crippen molar-refractivity contribution >= 4 is 52.7 Å². The molecule has 196 valence electrons. The number of fused-ring (bicyclic) bond motifs is 1. The molecule has 1 unspecified atom stereocenters. The molecule has 0 aliphatic carbocycles. The van der Waals surface area contributed by atoms with Crippen LogP contribution in [-0.4, -0.2) is 45.5 Å². The van der Waals surface area contributed by atoms with Gasteiger partial charge in [0.15, 0.2) is 11.2 Å². The third-order valence-corrected chi connectivity index (χ3v) is 6.48. The molecule has 37 heavy (non-hydrogen) atoms. The third kappa shape index (κ3) is 5.26. The molecule has 2 aromatic rings. The Balaban J connectivity index is 2.11. The molecule has 0 fully saturated rings. The van der Waals surface area contributed by atoms with E-state index in [0.29, 0.717) is 11.4 Å². The van der Waals surface area contributed by atoms with Crippen LogP contribution in [0.4, 0.5) is 16.4 Å². The summed E-state index contributed by atoms with van der Waals surface area (Å²) in [6.07, 6.45) is -0.497. The molecule has 0 bridgehead atoms. The molecular weight excluding hydrogens is 500 g/mol. The number of nitrogens with two attached hydrogens (primary N) is 1. The summed E-state index contributed by atoms with van der Waals surface area (Å²) >= 11 is 6.27. The van der Waals surface area contributed by atoms with Gasteiger partial charge in [0, 0.05) is 10.6 Å². The average molecular weight is 529 g/mol. The molecule has 2 heterocycles. The lowest BCUT2D eigenvalue weighted by atomic mass is 9.84. The molecule has 1 aliphatic heterocycles. The number of benzene rings is 1. The number of allylic oxidation sites excluding steroid dienone is 1. The standard InChI is InChI=1S/C25H29ClN6O5/c1-6-12(4)17(14-8-7-13(26)9-15(14)11(2)3)20-30-19(27)18-21(31-20)32-23(35)25(18,5)22(28)37-24(36)29-10-16(33)34/h7-9,11,28H,6,10H2,1-5H3,(H,29,36)(H,33,34)(H3,27,30,31,32,35)/b17-12-,28-22?. The molecule has 0 radical (unpaired) electrons. The predicted octanol–water partition coefficient (Wildman–Crippen LogP) is 4.07. The molecule has 1 aliphatic rings. The first-order valence-corrected chi connectivity index (χ1v) is 11.9. The second kappa shape index (κ2) is 10.6. The van der Waals surface area contributed by atoms with Gasteiger partial charge in [-0.2, -0.15) is 0 Å². The van der Waals surface area contributed by atoms with Gasteiger partial charge >= 0.3 is 12.1 Å². The molecule has 1 atom stereocenters. The van der Waals surface area contributed by atoms with Crippen LogP contribution in [0.3, 0.4) is 0 Å². The minimum absolute atomic E-state index is 0.0680. The first-order chi connectivity index (χ1) is 17.3. The van der Waals surface area contributed by atoms with Crippen LogP contribution >= 0.6 is 11.6 Å². The van der Waals surface area contributed by atoms with Crippen molar-refractivity contribution in [3.63, 3.8) is 0 Å². The first kappa shape index (κ1) is 27.6. The molecule has 3 rings (SSSR count). The molecule has 2 amide bonds. The van der Waals surface area contributed by atoms with E-state index in [-0.39, 0.29) is 28.9 Å². The molecule has 1 aromatic heterocycles. The first-order valence-electron chi connectivity index (χ1n) is 11.6. The Bertz CT molecular complexity index is 1340. The van der Waals surface area contributed by atoms with Crippen LogP contribution in [0.5, 0.6) is 0 Å². The third-order valence-electron chi connectivity index (χ3n) is 6.24. The highest BCUT2D eigenvalue weighted by Gasteiger charge is 2.52. The number of carbonyl (C=O) groups excluding carboxylic acids is 2. The summed E-state index contributed by atoms with van der Waals surface area (Å²) < 4.78 is 4.90. The number of carboxylic acid groups (broad SMARTS) is 1. The monoisotopic (exact) mass is 528 g/mol. The van der Waals surface area contributed by atoms with Gasteiger partial charge in [0.25, 0.3) is 0 Å². The molecule has 0 spiro atoms. The number of anilines is 2.